The summed E-state index contributed by atoms with van der Waals surface area (Å²) in [5.74, 6) is 1.39. The van der Waals surface area contributed by atoms with Crippen LogP contribution in [0, 0.1) is 5.92 Å². The minimum absolute atomic E-state index is 0.0778. The third-order valence-corrected chi connectivity index (χ3v) is 6.91. The lowest BCUT2D eigenvalue weighted by Crippen LogP contribution is -2.22. The molecule has 0 bridgehead atoms. The number of hydrogen-bond donors (Lipinski definition) is 1. The van der Waals surface area contributed by atoms with Gasteiger partial charge in [0.15, 0.2) is 5.65 Å². The molecule has 3 aromatic rings. The highest BCUT2D eigenvalue weighted by atomic mass is 35.5. The number of likely N-dealkylation sites (tertiary alicyclic amines) is 1. The van der Waals surface area contributed by atoms with E-state index in [1.54, 1.807) is 6.20 Å². The molecule has 5 rings (SSSR count). The summed E-state index contributed by atoms with van der Waals surface area (Å²) in [7, 11) is 0. The van der Waals surface area contributed by atoms with Crippen molar-refractivity contribution in [3.63, 3.8) is 0 Å². The van der Waals surface area contributed by atoms with Crippen molar-refractivity contribution in [3.05, 3.63) is 57.2 Å². The van der Waals surface area contributed by atoms with Crippen LogP contribution < -0.4 is 5.56 Å². The van der Waals surface area contributed by atoms with E-state index in [0.29, 0.717) is 17.3 Å². The molecule has 29 heavy (non-hydrogen) atoms. The molecule has 152 valence electrons. The molecule has 0 unspecified atom stereocenters. The van der Waals surface area contributed by atoms with Crippen LogP contribution in [0.15, 0.2) is 35.3 Å². The van der Waals surface area contributed by atoms with E-state index in [2.05, 4.69) is 28.0 Å². The molecule has 2 aromatic heterocycles. The zero-order valence-corrected chi connectivity index (χ0v) is 17.4. The Morgan fingerprint density at radius 2 is 2.00 bits per heavy atom. The molecule has 1 N–H and O–H groups in total. The second-order valence-electron chi connectivity index (χ2n) is 8.59. The molecule has 1 aliphatic heterocycles. The second-order valence-corrected chi connectivity index (χ2v) is 8.99. The zero-order chi connectivity index (χ0) is 20.0. The van der Waals surface area contributed by atoms with Crippen LogP contribution in [-0.2, 0) is 6.54 Å². The number of nitrogens with one attached hydrogen (secondary N) is 1. The molecule has 2 fully saturated rings. The monoisotopic (exact) mass is 411 g/mol. The Bertz CT molecular complexity index is 1080. The fourth-order valence-corrected chi connectivity index (χ4v) is 5.16. The van der Waals surface area contributed by atoms with E-state index in [9.17, 15) is 4.79 Å². The molecule has 0 amide bonds. The summed E-state index contributed by atoms with van der Waals surface area (Å²) in [6, 6.07) is 8.36. The van der Waals surface area contributed by atoms with Gasteiger partial charge in [-0.05, 0) is 30.4 Å². The number of H-pyrrole nitrogens is 1. The average molecular weight is 412 g/mol. The van der Waals surface area contributed by atoms with E-state index in [0.717, 1.165) is 54.5 Å². The van der Waals surface area contributed by atoms with Crippen LogP contribution in [-0.4, -0.2) is 37.7 Å². The summed E-state index contributed by atoms with van der Waals surface area (Å²) in [5.41, 5.74) is 1.80. The molecule has 0 spiro atoms. The summed E-state index contributed by atoms with van der Waals surface area (Å²) in [6.45, 7) is 4.86. The summed E-state index contributed by atoms with van der Waals surface area (Å²) < 4.78 is 1.99. The van der Waals surface area contributed by atoms with Crippen molar-refractivity contribution in [2.24, 2.45) is 5.92 Å². The maximum absolute atomic E-state index is 12.7. The van der Waals surface area contributed by atoms with Crippen LogP contribution in [0.3, 0.4) is 0 Å². The van der Waals surface area contributed by atoms with E-state index in [4.69, 9.17) is 16.6 Å². The Kier molecular flexibility index (Phi) is 4.92. The number of aromatic amines is 1. The van der Waals surface area contributed by atoms with Gasteiger partial charge in [-0.25, -0.2) is 9.67 Å². The topological polar surface area (TPSA) is 66.8 Å². The third kappa shape index (κ3) is 3.49. The molecule has 3 heterocycles. The minimum Gasteiger partial charge on any atom is -0.310 e. The van der Waals surface area contributed by atoms with E-state index in [1.807, 2.05) is 22.9 Å². The van der Waals surface area contributed by atoms with Crippen molar-refractivity contribution in [3.8, 4) is 0 Å². The number of halogens is 1. The van der Waals surface area contributed by atoms with Gasteiger partial charge in [-0.2, -0.15) is 5.10 Å². The fourth-order valence-electron chi connectivity index (χ4n) is 4.96. The Morgan fingerprint density at radius 3 is 2.79 bits per heavy atom. The lowest BCUT2D eigenvalue weighted by molar-refractivity contribution is 0.318. The maximum Gasteiger partial charge on any atom is 0.262 e. The summed E-state index contributed by atoms with van der Waals surface area (Å²) in [5, 5.41) is 5.91. The summed E-state index contributed by atoms with van der Waals surface area (Å²) >= 11 is 6.35. The Balaban J connectivity index is 1.43. The molecule has 1 saturated carbocycles. The number of fused-ring (bicyclic) bond motifs is 1. The van der Waals surface area contributed by atoms with Gasteiger partial charge in [0.1, 0.15) is 11.2 Å². The van der Waals surface area contributed by atoms with Crippen LogP contribution in [0.2, 0.25) is 5.02 Å². The Morgan fingerprint density at radius 1 is 1.21 bits per heavy atom. The molecule has 6 nitrogen and oxygen atoms in total. The lowest BCUT2D eigenvalue weighted by atomic mass is 9.97. The quantitative estimate of drug-likeness (QED) is 0.701. The average Bonchev–Trinajstić information content (AvgIpc) is 3.43. The van der Waals surface area contributed by atoms with Gasteiger partial charge in [0.25, 0.3) is 5.56 Å². The Labute approximate surface area is 174 Å². The number of rotatable bonds is 4. The molecule has 1 aliphatic carbocycles. The first kappa shape index (κ1) is 18.8. The van der Waals surface area contributed by atoms with Crippen LogP contribution in [0.1, 0.15) is 56.0 Å². The smallest absolute Gasteiger partial charge is 0.262 e. The van der Waals surface area contributed by atoms with Gasteiger partial charge in [-0.3, -0.25) is 9.69 Å². The van der Waals surface area contributed by atoms with Crippen LogP contribution >= 0.6 is 11.6 Å². The standard InChI is InChI=1S/C22H26ClN5O/c1-14-11-27(12-15-6-2-5-9-19(15)23)13-18(14)20-25-21-17(22(29)26-20)10-24-28(21)16-7-3-4-8-16/h2,5-6,9-10,14,16,18H,3-4,7-8,11-13H2,1H3,(H,25,26,29)/t14-,18-/m1/s1. The number of benzene rings is 1. The van der Waals surface area contributed by atoms with E-state index < -0.39 is 0 Å². The first-order valence-corrected chi connectivity index (χ1v) is 10.9. The predicted molar refractivity (Wildman–Crippen MR) is 114 cm³/mol. The molecule has 1 aromatic carbocycles. The van der Waals surface area contributed by atoms with Crippen molar-refractivity contribution < 1.29 is 0 Å². The van der Waals surface area contributed by atoms with Gasteiger partial charge >= 0.3 is 0 Å². The SMILES string of the molecule is C[C@@H]1CN(Cc2ccccc2Cl)C[C@H]1c1nc2c(cnn2C2CCCC2)c(=O)[nH]1. The van der Waals surface area contributed by atoms with Crippen molar-refractivity contribution in [2.45, 2.75) is 51.1 Å². The van der Waals surface area contributed by atoms with Crippen molar-refractivity contribution in [1.29, 1.82) is 0 Å². The predicted octanol–water partition coefficient (Wildman–Crippen LogP) is 4.12. The van der Waals surface area contributed by atoms with Crippen molar-refractivity contribution >= 4 is 22.6 Å². The summed E-state index contributed by atoms with van der Waals surface area (Å²) in [4.78, 5) is 23.1. The van der Waals surface area contributed by atoms with Gasteiger partial charge in [0.05, 0.1) is 12.2 Å². The molecule has 2 atom stereocenters. The highest BCUT2D eigenvalue weighted by Gasteiger charge is 2.33. The third-order valence-electron chi connectivity index (χ3n) is 6.54. The molecule has 2 aliphatic rings. The highest BCUT2D eigenvalue weighted by molar-refractivity contribution is 6.31. The zero-order valence-electron chi connectivity index (χ0n) is 16.6. The summed E-state index contributed by atoms with van der Waals surface area (Å²) in [6.07, 6.45) is 6.35. The first-order chi connectivity index (χ1) is 14.1. The largest absolute Gasteiger partial charge is 0.310 e. The van der Waals surface area contributed by atoms with Gasteiger partial charge in [0, 0.05) is 30.6 Å². The van der Waals surface area contributed by atoms with Crippen molar-refractivity contribution in [2.75, 3.05) is 13.1 Å². The Hall–Kier alpha value is -2.18. The van der Waals surface area contributed by atoms with Crippen LogP contribution in [0.5, 0.6) is 0 Å². The minimum atomic E-state index is -0.0778. The van der Waals surface area contributed by atoms with Gasteiger partial charge in [0.2, 0.25) is 0 Å². The van der Waals surface area contributed by atoms with Crippen LogP contribution in [0.25, 0.3) is 11.0 Å². The number of nitrogens with zero attached hydrogens (tertiary/aromatic N) is 4. The van der Waals surface area contributed by atoms with Crippen LogP contribution in [0.4, 0.5) is 0 Å². The van der Waals surface area contributed by atoms with Gasteiger partial charge in [-0.1, -0.05) is 49.6 Å². The maximum atomic E-state index is 12.7. The van der Waals surface area contributed by atoms with E-state index >= 15 is 0 Å². The molecule has 0 radical (unpaired) electrons. The normalized spacial score (nSPS) is 23.4. The fraction of sp³-hybridized carbons (Fsp3) is 0.500. The van der Waals surface area contributed by atoms with Gasteiger partial charge in [-0.15, -0.1) is 0 Å². The van der Waals surface area contributed by atoms with Gasteiger partial charge < -0.3 is 4.98 Å². The second kappa shape index (κ2) is 7.58. The molecular formula is C22H26ClN5O. The first-order valence-electron chi connectivity index (χ1n) is 10.5. The lowest BCUT2D eigenvalue weighted by Gasteiger charge is -2.17. The van der Waals surface area contributed by atoms with E-state index in [1.165, 1.54) is 12.8 Å². The van der Waals surface area contributed by atoms with Crippen molar-refractivity contribution in [1.82, 2.24) is 24.6 Å². The number of hydrogen-bond acceptors (Lipinski definition) is 4. The molecule has 7 heteroatoms. The van der Waals surface area contributed by atoms with E-state index in [-0.39, 0.29) is 11.5 Å². The highest BCUT2D eigenvalue weighted by Crippen LogP contribution is 2.34. The molecular weight excluding hydrogens is 386 g/mol. The number of aromatic nitrogens is 4. The molecule has 1 saturated heterocycles.